The summed E-state index contributed by atoms with van der Waals surface area (Å²) in [6, 6.07) is 16.5. The van der Waals surface area contributed by atoms with Crippen molar-refractivity contribution >= 4 is 40.0 Å². The Hall–Kier alpha value is -2.57. The van der Waals surface area contributed by atoms with E-state index in [1.54, 1.807) is 0 Å². The number of carbonyl (C=O) groups excluding carboxylic acids is 1. The molecule has 6 heteroatoms. The van der Waals surface area contributed by atoms with Gasteiger partial charge in [-0.3, -0.25) is 4.79 Å². The van der Waals surface area contributed by atoms with E-state index in [9.17, 15) is 4.79 Å². The summed E-state index contributed by atoms with van der Waals surface area (Å²) >= 11 is 3.34. The van der Waals surface area contributed by atoms with Crippen LogP contribution in [-0.2, 0) is 12.2 Å². The van der Waals surface area contributed by atoms with Gasteiger partial charge in [-0.25, -0.2) is 4.98 Å². The van der Waals surface area contributed by atoms with E-state index in [-0.39, 0.29) is 5.91 Å². The summed E-state index contributed by atoms with van der Waals surface area (Å²) in [5, 5.41) is 6.16. The molecule has 1 aromatic carbocycles. The Kier molecular flexibility index (Phi) is 6.09. The first-order valence-corrected chi connectivity index (χ1v) is 11.2. The summed E-state index contributed by atoms with van der Waals surface area (Å²) in [6.07, 6.45) is 4.44. The van der Waals surface area contributed by atoms with Crippen molar-refractivity contribution in [3.63, 3.8) is 0 Å². The molecule has 0 atom stereocenters. The summed E-state index contributed by atoms with van der Waals surface area (Å²) in [4.78, 5) is 20.9. The van der Waals surface area contributed by atoms with Crippen LogP contribution in [0.1, 0.15) is 26.4 Å². The van der Waals surface area contributed by atoms with E-state index in [2.05, 4.69) is 39.6 Å². The second-order valence-corrected chi connectivity index (χ2v) is 8.48. The molecule has 0 saturated carbocycles. The zero-order valence-electron chi connectivity index (χ0n) is 15.4. The van der Waals surface area contributed by atoms with Crippen LogP contribution < -0.4 is 5.32 Å². The smallest absolute Gasteiger partial charge is 0.261 e. The largest absolute Gasteiger partial charge is 0.351 e. The number of aromatic amines is 1. The van der Waals surface area contributed by atoms with Gasteiger partial charge in [0.15, 0.2) is 0 Å². The molecule has 2 N–H and O–H groups in total. The van der Waals surface area contributed by atoms with Gasteiger partial charge < -0.3 is 10.3 Å². The topological polar surface area (TPSA) is 57.8 Å². The zero-order valence-corrected chi connectivity index (χ0v) is 17.0. The van der Waals surface area contributed by atoms with Gasteiger partial charge in [0.1, 0.15) is 5.65 Å². The van der Waals surface area contributed by atoms with Crippen molar-refractivity contribution in [3.05, 3.63) is 87.9 Å². The molecule has 1 amide bonds. The van der Waals surface area contributed by atoms with E-state index in [4.69, 9.17) is 0 Å². The maximum atomic E-state index is 12.6. The minimum atomic E-state index is 0.0182. The number of thioether (sulfide) groups is 1. The first-order chi connectivity index (χ1) is 13.8. The number of fused-ring (bicyclic) bond motifs is 1. The standard InChI is InChI=1S/C22H21N3OS2/c26-22(25-11-13-27-15-16-4-2-1-3-5-16)20-18(8-12-28-20)14-17-6-9-23-21-19(17)7-10-24-21/h1-10,12H,11,13-15H2,(H,23,24)(H,25,26). The molecule has 0 bridgehead atoms. The number of benzene rings is 1. The molecule has 0 spiro atoms. The number of carbonyl (C=O) groups is 1. The molecular weight excluding hydrogens is 386 g/mol. The number of hydrogen-bond donors (Lipinski definition) is 2. The second kappa shape index (κ2) is 9.08. The number of thiophene rings is 1. The molecule has 0 radical (unpaired) electrons. The molecule has 4 rings (SSSR count). The molecule has 0 aliphatic carbocycles. The van der Waals surface area contributed by atoms with Crippen LogP contribution in [0.25, 0.3) is 11.0 Å². The van der Waals surface area contributed by atoms with Crippen molar-refractivity contribution < 1.29 is 4.79 Å². The number of hydrogen-bond acceptors (Lipinski definition) is 4. The minimum Gasteiger partial charge on any atom is -0.351 e. The van der Waals surface area contributed by atoms with Crippen molar-refractivity contribution in [2.24, 2.45) is 0 Å². The lowest BCUT2D eigenvalue weighted by molar-refractivity contribution is 0.0959. The first-order valence-electron chi connectivity index (χ1n) is 9.18. The summed E-state index contributed by atoms with van der Waals surface area (Å²) in [7, 11) is 0. The lowest BCUT2D eigenvalue weighted by Gasteiger charge is -2.07. The Morgan fingerprint density at radius 3 is 2.89 bits per heavy atom. The lowest BCUT2D eigenvalue weighted by atomic mass is 10.0. The average Bonchev–Trinajstić information content (AvgIpc) is 3.38. The van der Waals surface area contributed by atoms with E-state index >= 15 is 0 Å². The third kappa shape index (κ3) is 4.46. The normalized spacial score (nSPS) is 11.0. The van der Waals surface area contributed by atoms with Gasteiger partial charge in [0.05, 0.1) is 4.88 Å². The number of pyridine rings is 1. The van der Waals surface area contributed by atoms with Crippen LogP contribution in [0.2, 0.25) is 0 Å². The summed E-state index contributed by atoms with van der Waals surface area (Å²) in [5.74, 6) is 1.88. The van der Waals surface area contributed by atoms with Gasteiger partial charge in [-0.05, 0) is 46.7 Å². The van der Waals surface area contributed by atoms with E-state index in [0.29, 0.717) is 6.54 Å². The van der Waals surface area contributed by atoms with Gasteiger partial charge in [0, 0.05) is 35.8 Å². The molecule has 0 saturated heterocycles. The fourth-order valence-corrected chi connectivity index (χ4v) is 4.79. The van der Waals surface area contributed by atoms with E-state index < -0.39 is 0 Å². The molecule has 3 heterocycles. The quantitative estimate of drug-likeness (QED) is 0.409. The van der Waals surface area contributed by atoms with Crippen molar-refractivity contribution in [1.82, 2.24) is 15.3 Å². The molecule has 0 aliphatic heterocycles. The van der Waals surface area contributed by atoms with E-state index in [0.717, 1.165) is 39.4 Å². The molecule has 4 aromatic rings. The Bertz CT molecular complexity index is 1060. The fraction of sp³-hybridized carbons (Fsp3) is 0.182. The molecule has 3 aromatic heterocycles. The highest BCUT2D eigenvalue weighted by atomic mass is 32.2. The third-order valence-corrected chi connectivity index (χ3v) is 6.51. The van der Waals surface area contributed by atoms with Crippen molar-refractivity contribution in [2.75, 3.05) is 12.3 Å². The maximum Gasteiger partial charge on any atom is 0.261 e. The van der Waals surface area contributed by atoms with Crippen LogP contribution in [0.4, 0.5) is 0 Å². The SMILES string of the molecule is O=C(NCCSCc1ccccc1)c1sccc1Cc1ccnc2[nH]ccc12. The monoisotopic (exact) mass is 407 g/mol. The van der Waals surface area contributed by atoms with E-state index in [1.807, 2.05) is 53.8 Å². The van der Waals surface area contributed by atoms with Crippen LogP contribution in [-0.4, -0.2) is 28.2 Å². The Morgan fingerprint density at radius 1 is 1.11 bits per heavy atom. The highest BCUT2D eigenvalue weighted by Crippen LogP contribution is 2.24. The second-order valence-electron chi connectivity index (χ2n) is 6.46. The van der Waals surface area contributed by atoms with Gasteiger partial charge in [-0.2, -0.15) is 11.8 Å². The van der Waals surface area contributed by atoms with Crippen LogP contribution in [0.3, 0.4) is 0 Å². The van der Waals surface area contributed by atoms with Crippen LogP contribution in [0.5, 0.6) is 0 Å². The summed E-state index contributed by atoms with van der Waals surface area (Å²) < 4.78 is 0. The van der Waals surface area contributed by atoms with Crippen molar-refractivity contribution in [3.8, 4) is 0 Å². The lowest BCUT2D eigenvalue weighted by Crippen LogP contribution is -2.25. The number of aromatic nitrogens is 2. The molecular formula is C22H21N3OS2. The Balaban J connectivity index is 1.32. The maximum absolute atomic E-state index is 12.6. The number of H-pyrrole nitrogens is 1. The molecule has 4 nitrogen and oxygen atoms in total. The van der Waals surface area contributed by atoms with Crippen LogP contribution >= 0.6 is 23.1 Å². The van der Waals surface area contributed by atoms with Gasteiger partial charge in [-0.1, -0.05) is 30.3 Å². The number of nitrogens with zero attached hydrogens (tertiary/aromatic N) is 1. The highest BCUT2D eigenvalue weighted by Gasteiger charge is 2.14. The van der Waals surface area contributed by atoms with Crippen molar-refractivity contribution in [2.45, 2.75) is 12.2 Å². The van der Waals surface area contributed by atoms with Crippen molar-refractivity contribution in [1.29, 1.82) is 0 Å². The Morgan fingerprint density at radius 2 is 2.00 bits per heavy atom. The number of rotatable bonds is 8. The average molecular weight is 408 g/mol. The highest BCUT2D eigenvalue weighted by molar-refractivity contribution is 7.98. The molecule has 0 aliphatic rings. The zero-order chi connectivity index (χ0) is 19.2. The first kappa shape index (κ1) is 18.8. The Labute approximate surface area is 172 Å². The van der Waals surface area contributed by atoms with Gasteiger partial charge >= 0.3 is 0 Å². The number of amides is 1. The predicted octanol–water partition coefficient (Wildman–Crippen LogP) is 4.88. The minimum absolute atomic E-state index is 0.0182. The molecule has 0 unspecified atom stereocenters. The summed E-state index contributed by atoms with van der Waals surface area (Å²) in [6.45, 7) is 0.672. The van der Waals surface area contributed by atoms with Crippen LogP contribution in [0, 0.1) is 0 Å². The van der Waals surface area contributed by atoms with E-state index in [1.165, 1.54) is 22.5 Å². The molecule has 28 heavy (non-hydrogen) atoms. The molecule has 0 fully saturated rings. The summed E-state index contributed by atoms with van der Waals surface area (Å²) in [5.41, 5.74) is 4.44. The fourth-order valence-electron chi connectivity index (χ4n) is 3.13. The van der Waals surface area contributed by atoms with Gasteiger partial charge in [-0.15, -0.1) is 11.3 Å². The predicted molar refractivity (Wildman–Crippen MR) is 118 cm³/mol. The van der Waals surface area contributed by atoms with Crippen LogP contribution in [0.15, 0.2) is 66.3 Å². The van der Waals surface area contributed by atoms with Gasteiger partial charge in [0.25, 0.3) is 5.91 Å². The molecule has 142 valence electrons. The number of nitrogens with one attached hydrogen (secondary N) is 2. The van der Waals surface area contributed by atoms with Gasteiger partial charge in [0.2, 0.25) is 0 Å². The third-order valence-electron chi connectivity index (χ3n) is 4.53.